The van der Waals surface area contributed by atoms with E-state index in [1.807, 2.05) is 19.0 Å². The zero-order valence-electron chi connectivity index (χ0n) is 15.5. The van der Waals surface area contributed by atoms with E-state index in [4.69, 9.17) is 11.6 Å². The van der Waals surface area contributed by atoms with Gasteiger partial charge in [0.25, 0.3) is 0 Å². The molecule has 11 heteroatoms. The predicted octanol–water partition coefficient (Wildman–Crippen LogP) is 3.86. The molecule has 0 fully saturated rings. The summed E-state index contributed by atoms with van der Waals surface area (Å²) in [5.74, 6) is -2.91. The summed E-state index contributed by atoms with van der Waals surface area (Å²) in [5.41, 5.74) is 0.165. The van der Waals surface area contributed by atoms with Crippen molar-refractivity contribution >= 4 is 40.1 Å². The number of hydrogen-bond donors (Lipinski definition) is 4. The number of halogens is 4. The van der Waals surface area contributed by atoms with E-state index in [9.17, 15) is 18.4 Å². The lowest BCUT2D eigenvalue weighted by atomic mass is 10.1. The molecule has 0 unspecified atom stereocenters. The zero-order valence-corrected chi connectivity index (χ0v) is 16.3. The molecule has 2 aromatic carbocycles. The number of H-pyrrole nitrogens is 1. The van der Waals surface area contributed by atoms with Crippen LogP contribution < -0.4 is 10.6 Å². The van der Waals surface area contributed by atoms with E-state index in [1.54, 1.807) is 0 Å². The average Bonchev–Trinajstić information content (AvgIpc) is 3.10. The number of benzene rings is 2. The third kappa shape index (κ3) is 4.54. The summed E-state index contributed by atoms with van der Waals surface area (Å²) in [6, 6.07) is 4.60. The van der Waals surface area contributed by atoms with Crippen LogP contribution in [0.1, 0.15) is 5.56 Å². The molecule has 154 valence electrons. The first-order valence-corrected chi connectivity index (χ1v) is 8.88. The topological polar surface area (TPSA) is 88.6 Å². The Morgan fingerprint density at radius 3 is 2.66 bits per heavy atom. The fourth-order valence-electron chi connectivity index (χ4n) is 2.63. The second-order valence-electron chi connectivity index (χ2n) is 6.46. The molecule has 0 aliphatic heterocycles. The van der Waals surface area contributed by atoms with Crippen LogP contribution in [0.25, 0.3) is 11.0 Å². The summed E-state index contributed by atoms with van der Waals surface area (Å²) in [5, 5.41) is 18.1. The maximum absolute atomic E-state index is 14.3. The number of imidazole rings is 1. The largest absolute Gasteiger partial charge is 0.409 e. The third-order valence-corrected chi connectivity index (χ3v) is 4.34. The van der Waals surface area contributed by atoms with Crippen LogP contribution >= 0.6 is 11.6 Å². The van der Waals surface area contributed by atoms with E-state index in [0.717, 1.165) is 12.1 Å². The number of oxime groups is 1. The molecule has 1 heterocycles. The number of nitrogens with zero attached hydrogens (tertiary/aromatic N) is 3. The summed E-state index contributed by atoms with van der Waals surface area (Å²) < 4.78 is 41.7. The Kier molecular flexibility index (Phi) is 6.14. The van der Waals surface area contributed by atoms with E-state index in [0.29, 0.717) is 13.1 Å². The van der Waals surface area contributed by atoms with E-state index in [-0.39, 0.29) is 39.1 Å². The highest BCUT2D eigenvalue weighted by atomic mass is 35.5. The standard InChI is InChI=1S/C18H18ClF3N6O/c1-28(2)6-5-23-18-25-15-10(8-13(21)14(22)16(15)26-18)17(27-29)24-9-3-4-12(20)11(19)7-9/h3-4,7-8,29H,5-6H2,1-2H3,(H,24,27)(H2,23,25,26). The Morgan fingerprint density at radius 2 is 2.00 bits per heavy atom. The van der Waals surface area contributed by atoms with Crippen molar-refractivity contribution in [3.63, 3.8) is 0 Å². The second-order valence-corrected chi connectivity index (χ2v) is 6.87. The number of rotatable bonds is 6. The van der Waals surface area contributed by atoms with Gasteiger partial charge in [-0.2, -0.15) is 0 Å². The van der Waals surface area contributed by atoms with Crippen LogP contribution in [0.15, 0.2) is 29.4 Å². The fraction of sp³-hybridized carbons (Fsp3) is 0.222. The molecule has 3 aromatic rings. The number of anilines is 2. The van der Waals surface area contributed by atoms with Gasteiger partial charge in [-0.1, -0.05) is 16.8 Å². The van der Waals surface area contributed by atoms with Gasteiger partial charge in [0.1, 0.15) is 11.3 Å². The number of likely N-dealkylation sites (N-methyl/N-ethyl adjacent to an activating group) is 1. The van der Waals surface area contributed by atoms with Crippen LogP contribution in [-0.4, -0.2) is 53.1 Å². The minimum Gasteiger partial charge on any atom is -0.409 e. The SMILES string of the molecule is CN(C)CCNc1nc2c(F)c(F)cc(/C(=N/O)Nc3ccc(F)c(Cl)c3)c2[nH]1. The molecule has 7 nitrogen and oxygen atoms in total. The van der Waals surface area contributed by atoms with Gasteiger partial charge < -0.3 is 25.7 Å². The first-order valence-electron chi connectivity index (χ1n) is 8.51. The number of aromatic nitrogens is 2. The van der Waals surface area contributed by atoms with Crippen LogP contribution in [0, 0.1) is 17.5 Å². The van der Waals surface area contributed by atoms with E-state index < -0.39 is 17.5 Å². The second kappa shape index (κ2) is 8.58. The lowest BCUT2D eigenvalue weighted by Crippen LogP contribution is -2.21. The van der Waals surface area contributed by atoms with Crippen molar-refractivity contribution in [3.8, 4) is 0 Å². The van der Waals surface area contributed by atoms with Gasteiger partial charge in [0.05, 0.1) is 10.5 Å². The predicted molar refractivity (Wildman–Crippen MR) is 106 cm³/mol. The number of aromatic amines is 1. The lowest BCUT2D eigenvalue weighted by Gasteiger charge is -2.10. The fourth-order valence-corrected chi connectivity index (χ4v) is 2.81. The van der Waals surface area contributed by atoms with Gasteiger partial charge in [0, 0.05) is 24.3 Å². The first kappa shape index (κ1) is 20.7. The highest BCUT2D eigenvalue weighted by Crippen LogP contribution is 2.26. The Morgan fingerprint density at radius 1 is 1.24 bits per heavy atom. The summed E-state index contributed by atoms with van der Waals surface area (Å²) in [6.07, 6.45) is 0. The number of nitrogens with one attached hydrogen (secondary N) is 3. The van der Waals surface area contributed by atoms with Crippen molar-refractivity contribution in [3.05, 3.63) is 52.3 Å². The van der Waals surface area contributed by atoms with Gasteiger partial charge in [0.15, 0.2) is 17.5 Å². The molecule has 0 saturated carbocycles. The molecule has 4 N–H and O–H groups in total. The number of hydrogen-bond acceptors (Lipinski definition) is 5. The maximum atomic E-state index is 14.3. The molecule has 3 rings (SSSR count). The van der Waals surface area contributed by atoms with Crippen molar-refractivity contribution in [2.45, 2.75) is 0 Å². The van der Waals surface area contributed by atoms with E-state index >= 15 is 0 Å². The Bertz CT molecular complexity index is 1070. The van der Waals surface area contributed by atoms with Crippen molar-refractivity contribution in [2.75, 3.05) is 37.8 Å². The minimum atomic E-state index is -1.17. The van der Waals surface area contributed by atoms with Crippen molar-refractivity contribution in [1.82, 2.24) is 14.9 Å². The van der Waals surface area contributed by atoms with E-state index in [1.165, 1.54) is 12.1 Å². The third-order valence-electron chi connectivity index (χ3n) is 4.05. The van der Waals surface area contributed by atoms with Gasteiger partial charge in [-0.25, -0.2) is 18.2 Å². The molecule has 0 radical (unpaired) electrons. The maximum Gasteiger partial charge on any atom is 0.201 e. The minimum absolute atomic E-state index is 0.0232. The summed E-state index contributed by atoms with van der Waals surface area (Å²) in [6.45, 7) is 1.20. The molecule has 0 aliphatic carbocycles. The summed E-state index contributed by atoms with van der Waals surface area (Å²) in [4.78, 5) is 8.85. The molecule has 0 bridgehead atoms. The monoisotopic (exact) mass is 426 g/mol. The van der Waals surface area contributed by atoms with Gasteiger partial charge in [0.2, 0.25) is 5.95 Å². The van der Waals surface area contributed by atoms with Crippen LogP contribution in [0.3, 0.4) is 0 Å². The van der Waals surface area contributed by atoms with Crippen LogP contribution in [0.5, 0.6) is 0 Å². The Hall–Kier alpha value is -2.98. The van der Waals surface area contributed by atoms with Crippen molar-refractivity contribution in [1.29, 1.82) is 0 Å². The van der Waals surface area contributed by atoms with Gasteiger partial charge >= 0.3 is 0 Å². The zero-order chi connectivity index (χ0) is 21.1. The normalized spacial score (nSPS) is 12.0. The van der Waals surface area contributed by atoms with Crippen molar-refractivity contribution in [2.24, 2.45) is 5.16 Å². The van der Waals surface area contributed by atoms with Gasteiger partial charge in [-0.05, 0) is 38.4 Å². The molecular weight excluding hydrogens is 409 g/mol. The van der Waals surface area contributed by atoms with E-state index in [2.05, 4.69) is 25.8 Å². The van der Waals surface area contributed by atoms with Crippen LogP contribution in [0.4, 0.5) is 24.8 Å². The molecule has 0 atom stereocenters. The molecule has 29 heavy (non-hydrogen) atoms. The summed E-state index contributed by atoms with van der Waals surface area (Å²) in [7, 11) is 3.79. The number of fused-ring (bicyclic) bond motifs is 1. The highest BCUT2D eigenvalue weighted by molar-refractivity contribution is 6.31. The Labute approximate surface area is 169 Å². The smallest absolute Gasteiger partial charge is 0.201 e. The molecule has 0 saturated heterocycles. The van der Waals surface area contributed by atoms with Gasteiger partial charge in [-0.15, -0.1) is 0 Å². The highest BCUT2D eigenvalue weighted by Gasteiger charge is 2.20. The van der Waals surface area contributed by atoms with Crippen molar-refractivity contribution < 1.29 is 18.4 Å². The van der Waals surface area contributed by atoms with Crippen LogP contribution in [-0.2, 0) is 0 Å². The molecule has 0 amide bonds. The number of amidine groups is 1. The summed E-state index contributed by atoms with van der Waals surface area (Å²) >= 11 is 5.75. The molecule has 0 spiro atoms. The van der Waals surface area contributed by atoms with Crippen LogP contribution in [0.2, 0.25) is 5.02 Å². The van der Waals surface area contributed by atoms with Gasteiger partial charge in [-0.3, -0.25) is 0 Å². The molecule has 1 aromatic heterocycles. The molecule has 0 aliphatic rings. The Balaban J connectivity index is 1.98. The first-order chi connectivity index (χ1) is 13.8. The quantitative estimate of drug-likeness (QED) is 0.208. The lowest BCUT2D eigenvalue weighted by molar-refractivity contribution is 0.319. The molecular formula is C18H18ClF3N6O. The average molecular weight is 427 g/mol.